The Bertz CT molecular complexity index is 2050. The summed E-state index contributed by atoms with van der Waals surface area (Å²) in [5.74, 6) is -0.114. The number of ketones is 1. The van der Waals surface area contributed by atoms with E-state index in [1.54, 1.807) is 17.0 Å². The van der Waals surface area contributed by atoms with E-state index in [9.17, 15) is 23.1 Å². The average molecular weight is 724 g/mol. The number of alkyl halides is 3. The van der Waals surface area contributed by atoms with Crippen molar-refractivity contribution in [2.75, 3.05) is 6.54 Å². The van der Waals surface area contributed by atoms with Gasteiger partial charge in [0.1, 0.15) is 11.4 Å². The summed E-state index contributed by atoms with van der Waals surface area (Å²) in [6.07, 6.45) is 6.57. The number of rotatable bonds is 6. The van der Waals surface area contributed by atoms with Crippen LogP contribution in [-0.2, 0) is 11.3 Å². The summed E-state index contributed by atoms with van der Waals surface area (Å²) in [7, 11) is 0. The number of halogens is 3. The van der Waals surface area contributed by atoms with Gasteiger partial charge in [-0.1, -0.05) is 98.8 Å². The lowest BCUT2D eigenvalue weighted by Gasteiger charge is -2.71. The van der Waals surface area contributed by atoms with Gasteiger partial charge in [-0.25, -0.2) is 4.79 Å². The standard InChI is InChI=1S/C44H44F3NO5/c1-39-19-16-30(49)24-41(39)22-23-43(34(25-41)37(50)33-11-7-6-10-32(33)29-8-4-3-5-9-29)35(39)17-20-40(2)36(43)18-21-42(40)27-48(38(51)53-42)26-28-12-14-31(15-13-28)52-44(45,46)47/h3-15,22-23,25,30,35-36,49H,16-21,24,26-27H2,1-2H3/t30-,35+,36+,39+,40-,41-,42+,43-/m0/s1. The van der Waals surface area contributed by atoms with Gasteiger partial charge in [-0.3, -0.25) is 9.69 Å². The molecule has 4 fully saturated rings. The van der Waals surface area contributed by atoms with Crippen LogP contribution < -0.4 is 4.74 Å². The Morgan fingerprint density at radius 3 is 2.32 bits per heavy atom. The number of Topliss-reactive ketones (excluding diaryl/α,β-unsaturated/α-hetero) is 1. The predicted octanol–water partition coefficient (Wildman–Crippen LogP) is 9.69. The molecule has 3 saturated carbocycles. The zero-order valence-electron chi connectivity index (χ0n) is 30.0. The van der Waals surface area contributed by atoms with Gasteiger partial charge >= 0.3 is 12.5 Å². The highest BCUT2D eigenvalue weighted by Crippen LogP contribution is 2.79. The molecule has 8 atom stereocenters. The minimum atomic E-state index is -4.78. The predicted molar refractivity (Wildman–Crippen MR) is 193 cm³/mol. The molecule has 6 nitrogen and oxygen atoms in total. The van der Waals surface area contributed by atoms with Crippen LogP contribution in [0.25, 0.3) is 11.1 Å². The Morgan fingerprint density at radius 1 is 0.887 bits per heavy atom. The number of hydrogen-bond acceptors (Lipinski definition) is 5. The van der Waals surface area contributed by atoms with Crippen LogP contribution in [-0.4, -0.2) is 46.5 Å². The van der Waals surface area contributed by atoms with Crippen LogP contribution >= 0.6 is 0 Å². The highest BCUT2D eigenvalue weighted by molar-refractivity contribution is 6.14. The lowest BCUT2D eigenvalue weighted by Crippen LogP contribution is -2.67. The summed E-state index contributed by atoms with van der Waals surface area (Å²) >= 11 is 0. The van der Waals surface area contributed by atoms with E-state index in [1.807, 2.05) is 54.6 Å². The molecule has 10 rings (SSSR count). The molecule has 53 heavy (non-hydrogen) atoms. The molecule has 1 aliphatic heterocycles. The molecule has 1 heterocycles. The summed E-state index contributed by atoms with van der Waals surface area (Å²) < 4.78 is 48.8. The summed E-state index contributed by atoms with van der Waals surface area (Å²) in [6, 6.07) is 23.5. The molecule has 1 N–H and O–H groups in total. The highest BCUT2D eigenvalue weighted by Gasteiger charge is 2.76. The van der Waals surface area contributed by atoms with Gasteiger partial charge in [-0.15, -0.1) is 13.2 Å². The molecule has 2 bridgehead atoms. The first-order chi connectivity index (χ1) is 25.2. The van der Waals surface area contributed by atoms with Crippen LogP contribution in [0, 0.1) is 33.5 Å². The number of hydrogen-bond donors (Lipinski definition) is 1. The second-order valence-electron chi connectivity index (χ2n) is 16.9. The van der Waals surface area contributed by atoms with E-state index in [0.717, 1.165) is 48.8 Å². The van der Waals surface area contributed by atoms with E-state index in [0.29, 0.717) is 30.5 Å². The van der Waals surface area contributed by atoms with E-state index in [1.165, 1.54) is 12.1 Å². The summed E-state index contributed by atoms with van der Waals surface area (Å²) in [6.45, 7) is 5.20. The number of benzene rings is 3. The van der Waals surface area contributed by atoms with Gasteiger partial charge in [-0.2, -0.15) is 0 Å². The van der Waals surface area contributed by atoms with E-state index in [4.69, 9.17) is 4.74 Å². The lowest BCUT2D eigenvalue weighted by molar-refractivity contribution is -0.274. The first-order valence-corrected chi connectivity index (χ1v) is 18.9. The van der Waals surface area contributed by atoms with Crippen molar-refractivity contribution >= 4 is 11.9 Å². The number of fused-ring (bicyclic) bond motifs is 2. The van der Waals surface area contributed by atoms with Crippen LogP contribution in [0.4, 0.5) is 18.0 Å². The Labute approximate surface area is 307 Å². The number of aliphatic hydroxyl groups excluding tert-OH is 1. The SMILES string of the molecule is C[C@]12CC[C@H]3[C@@]4(C=C[C@@]5(C=C4C(=O)c4ccccc4-c4ccccc4)C[C@@H](O)CC[C@]35C)[C@@H]1CC[C@@]21CN(Cc2ccc(OC(F)(F)F)cc2)C(=O)O1. The van der Waals surface area contributed by atoms with Crippen molar-refractivity contribution in [3.8, 4) is 16.9 Å². The molecular weight excluding hydrogens is 679 g/mol. The lowest BCUT2D eigenvalue weighted by atomic mass is 9.32. The number of carbonyl (C=O) groups excluding carboxylic acids is 2. The van der Waals surface area contributed by atoms with Crippen molar-refractivity contribution in [2.45, 2.75) is 83.4 Å². The molecule has 0 unspecified atom stereocenters. The normalized spacial score (nSPS) is 36.8. The molecule has 9 heteroatoms. The Hall–Kier alpha value is -4.37. The Morgan fingerprint density at radius 2 is 1.57 bits per heavy atom. The van der Waals surface area contributed by atoms with Gasteiger partial charge in [0.2, 0.25) is 0 Å². The van der Waals surface area contributed by atoms with Crippen LogP contribution in [0.5, 0.6) is 5.75 Å². The summed E-state index contributed by atoms with van der Waals surface area (Å²) in [5.41, 5.74) is 1.60. The Kier molecular flexibility index (Phi) is 7.51. The maximum atomic E-state index is 15.4. The van der Waals surface area contributed by atoms with Crippen molar-refractivity contribution in [2.24, 2.45) is 33.5 Å². The van der Waals surface area contributed by atoms with E-state index in [-0.39, 0.29) is 35.3 Å². The average Bonchev–Trinajstić information content (AvgIpc) is 3.62. The van der Waals surface area contributed by atoms with Crippen molar-refractivity contribution < 1.29 is 37.3 Å². The molecule has 0 aromatic heterocycles. The van der Waals surface area contributed by atoms with E-state index in [2.05, 4.69) is 36.8 Å². The van der Waals surface area contributed by atoms with Crippen molar-refractivity contribution in [1.82, 2.24) is 4.90 Å². The number of amides is 1. The van der Waals surface area contributed by atoms with Gasteiger partial charge in [0.05, 0.1) is 12.6 Å². The molecule has 3 aromatic carbocycles. The topological polar surface area (TPSA) is 76.1 Å². The van der Waals surface area contributed by atoms with Crippen LogP contribution in [0.2, 0.25) is 0 Å². The molecule has 3 aromatic rings. The first kappa shape index (κ1) is 34.4. The Balaban J connectivity index is 1.10. The van der Waals surface area contributed by atoms with Crippen LogP contribution in [0.1, 0.15) is 74.7 Å². The molecule has 3 spiro atoms. The third kappa shape index (κ3) is 4.87. The molecule has 0 radical (unpaired) electrons. The second-order valence-corrected chi connectivity index (χ2v) is 16.9. The van der Waals surface area contributed by atoms with E-state index >= 15 is 4.79 Å². The van der Waals surface area contributed by atoms with Crippen LogP contribution in [0.3, 0.4) is 0 Å². The third-order valence-electron chi connectivity index (χ3n) is 14.7. The smallest absolute Gasteiger partial charge is 0.440 e. The summed E-state index contributed by atoms with van der Waals surface area (Å²) in [5, 5.41) is 11.1. The molecule has 1 amide bonds. The van der Waals surface area contributed by atoms with Gasteiger partial charge in [0, 0.05) is 33.9 Å². The summed E-state index contributed by atoms with van der Waals surface area (Å²) in [4.78, 5) is 30.7. The fourth-order valence-electron chi connectivity index (χ4n) is 12.2. The van der Waals surface area contributed by atoms with Crippen LogP contribution in [0.15, 0.2) is 103 Å². The van der Waals surface area contributed by atoms with E-state index < -0.39 is 40.4 Å². The largest absolute Gasteiger partial charge is 0.573 e. The number of nitrogens with zero attached hydrogens (tertiary/aromatic N) is 1. The maximum Gasteiger partial charge on any atom is 0.573 e. The third-order valence-corrected chi connectivity index (χ3v) is 14.7. The molecule has 6 aliphatic carbocycles. The maximum absolute atomic E-state index is 15.4. The monoisotopic (exact) mass is 723 g/mol. The zero-order chi connectivity index (χ0) is 37.0. The molecule has 276 valence electrons. The van der Waals surface area contributed by atoms with Gasteiger partial charge in [0.15, 0.2) is 5.78 Å². The fourth-order valence-corrected chi connectivity index (χ4v) is 12.2. The number of carbonyl (C=O) groups is 2. The minimum absolute atomic E-state index is 0.0117. The molecule has 1 saturated heterocycles. The molecule has 7 aliphatic rings. The quantitative estimate of drug-likeness (QED) is 0.203. The van der Waals surface area contributed by atoms with Gasteiger partial charge in [-0.05, 0) is 91.0 Å². The number of allylic oxidation sites excluding steroid dienone is 4. The van der Waals surface area contributed by atoms with Gasteiger partial charge in [0.25, 0.3) is 0 Å². The van der Waals surface area contributed by atoms with Crippen molar-refractivity contribution in [3.63, 3.8) is 0 Å². The second kappa shape index (κ2) is 11.6. The highest BCUT2D eigenvalue weighted by atomic mass is 19.4. The first-order valence-electron chi connectivity index (χ1n) is 18.9. The van der Waals surface area contributed by atoms with Crippen molar-refractivity contribution in [1.29, 1.82) is 0 Å². The van der Waals surface area contributed by atoms with Crippen molar-refractivity contribution in [3.05, 3.63) is 114 Å². The fraction of sp³-hybridized carbons (Fsp3) is 0.455. The minimum Gasteiger partial charge on any atom is -0.440 e. The zero-order valence-corrected chi connectivity index (χ0v) is 30.0. The number of aliphatic hydroxyl groups is 1. The van der Waals surface area contributed by atoms with Gasteiger partial charge < -0.3 is 14.6 Å². The molecular formula is C44H44F3NO5. The number of ether oxygens (including phenoxy) is 2.